The highest BCUT2D eigenvalue weighted by Gasteiger charge is 2.13. The molecule has 29 heavy (non-hydrogen) atoms. The van der Waals surface area contributed by atoms with E-state index in [0.717, 1.165) is 21.9 Å². The van der Waals surface area contributed by atoms with Crippen LogP contribution in [-0.2, 0) is 4.79 Å². The van der Waals surface area contributed by atoms with Crippen molar-refractivity contribution >= 4 is 28.1 Å². The van der Waals surface area contributed by atoms with E-state index in [2.05, 4.69) is 10.3 Å². The number of thiazole rings is 1. The zero-order valence-electron chi connectivity index (χ0n) is 15.9. The molecule has 0 aliphatic heterocycles. The smallest absolute Gasteiger partial charge is 0.269 e. The Hall–Kier alpha value is -3.46. The van der Waals surface area contributed by atoms with Gasteiger partial charge in [-0.3, -0.25) is 20.2 Å². The van der Waals surface area contributed by atoms with Gasteiger partial charge in [-0.25, -0.2) is 4.98 Å². The van der Waals surface area contributed by atoms with Crippen LogP contribution in [0.3, 0.4) is 0 Å². The van der Waals surface area contributed by atoms with Crippen molar-refractivity contribution in [2.75, 3.05) is 18.5 Å². The molecule has 0 spiro atoms. The zero-order valence-corrected chi connectivity index (χ0v) is 16.7. The molecule has 8 nitrogen and oxygen atoms in total. The van der Waals surface area contributed by atoms with E-state index in [1.54, 1.807) is 0 Å². The largest absolute Gasteiger partial charge is 0.494 e. The maximum Gasteiger partial charge on any atom is 0.269 e. The Morgan fingerprint density at radius 2 is 1.72 bits per heavy atom. The van der Waals surface area contributed by atoms with Crippen LogP contribution >= 0.6 is 11.3 Å². The predicted octanol–water partition coefficient (Wildman–Crippen LogP) is 4.44. The van der Waals surface area contributed by atoms with Gasteiger partial charge in [0.1, 0.15) is 11.5 Å². The number of non-ortho nitro benzene ring substituents is 1. The van der Waals surface area contributed by atoms with Crippen LogP contribution in [0.4, 0.5) is 10.8 Å². The molecule has 0 saturated carbocycles. The maximum atomic E-state index is 12.1. The van der Waals surface area contributed by atoms with Crippen LogP contribution in [0.25, 0.3) is 11.3 Å². The first-order valence-electron chi connectivity index (χ1n) is 8.84. The number of rotatable bonds is 8. The first kappa shape index (κ1) is 20.3. The Morgan fingerprint density at radius 1 is 1.10 bits per heavy atom. The number of carbonyl (C=O) groups is 1. The monoisotopic (exact) mass is 413 g/mol. The molecule has 150 valence electrons. The van der Waals surface area contributed by atoms with Gasteiger partial charge < -0.3 is 9.47 Å². The second-order valence-corrected chi connectivity index (χ2v) is 7.17. The number of nitro benzene ring substituents is 1. The Balaban J connectivity index is 1.59. The minimum atomic E-state index is -0.497. The lowest BCUT2D eigenvalue weighted by atomic mass is 10.1. The highest BCUT2D eigenvalue weighted by atomic mass is 32.1. The van der Waals surface area contributed by atoms with Crippen LogP contribution in [0.1, 0.15) is 11.8 Å². The van der Waals surface area contributed by atoms with E-state index in [9.17, 15) is 14.9 Å². The summed E-state index contributed by atoms with van der Waals surface area (Å²) in [5.41, 5.74) is 1.69. The molecule has 0 saturated heterocycles. The fourth-order valence-electron chi connectivity index (χ4n) is 2.56. The maximum absolute atomic E-state index is 12.1. The van der Waals surface area contributed by atoms with Crippen molar-refractivity contribution in [3.05, 3.63) is 63.5 Å². The van der Waals surface area contributed by atoms with Crippen molar-refractivity contribution in [2.45, 2.75) is 13.8 Å². The van der Waals surface area contributed by atoms with Gasteiger partial charge >= 0.3 is 0 Å². The Morgan fingerprint density at radius 3 is 2.34 bits per heavy atom. The number of hydrogen-bond donors (Lipinski definition) is 1. The molecule has 2 aromatic carbocycles. The van der Waals surface area contributed by atoms with Gasteiger partial charge in [-0.1, -0.05) is 0 Å². The lowest BCUT2D eigenvalue weighted by Gasteiger charge is -2.05. The lowest BCUT2D eigenvalue weighted by Crippen LogP contribution is -2.20. The molecular weight excluding hydrogens is 394 g/mol. The number of ether oxygens (including phenoxy) is 2. The molecule has 1 amide bonds. The topological polar surface area (TPSA) is 104 Å². The Bertz CT molecular complexity index is 1000. The molecule has 0 radical (unpaired) electrons. The normalized spacial score (nSPS) is 10.4. The Labute approximate surface area is 171 Å². The summed E-state index contributed by atoms with van der Waals surface area (Å²) >= 11 is 1.37. The molecule has 9 heteroatoms. The Kier molecular flexibility index (Phi) is 6.40. The predicted molar refractivity (Wildman–Crippen MR) is 111 cm³/mol. The number of hydrogen-bond acceptors (Lipinski definition) is 7. The van der Waals surface area contributed by atoms with Crippen molar-refractivity contribution in [2.24, 2.45) is 0 Å². The van der Waals surface area contributed by atoms with E-state index in [1.165, 1.54) is 35.6 Å². The summed E-state index contributed by atoms with van der Waals surface area (Å²) in [6.07, 6.45) is 0. The van der Waals surface area contributed by atoms with Crippen molar-refractivity contribution in [1.29, 1.82) is 0 Å². The third kappa shape index (κ3) is 5.29. The van der Waals surface area contributed by atoms with Crippen molar-refractivity contribution in [3.8, 4) is 22.8 Å². The third-order valence-corrected chi connectivity index (χ3v) is 4.79. The van der Waals surface area contributed by atoms with Crippen LogP contribution in [0.2, 0.25) is 0 Å². The van der Waals surface area contributed by atoms with Crippen molar-refractivity contribution in [1.82, 2.24) is 4.98 Å². The second kappa shape index (κ2) is 9.16. The summed E-state index contributed by atoms with van der Waals surface area (Å²) in [5.74, 6) is 0.799. The molecule has 0 aliphatic rings. The summed E-state index contributed by atoms with van der Waals surface area (Å²) in [4.78, 5) is 27.8. The number of aromatic nitrogens is 1. The van der Waals surface area contributed by atoms with Gasteiger partial charge in [-0.05, 0) is 50.2 Å². The van der Waals surface area contributed by atoms with Crippen LogP contribution in [0, 0.1) is 17.0 Å². The molecule has 0 atom stereocenters. The van der Waals surface area contributed by atoms with Gasteiger partial charge in [0.05, 0.1) is 17.2 Å². The number of aryl methyl sites for hydroxylation is 1. The van der Waals surface area contributed by atoms with Crippen LogP contribution in [-0.4, -0.2) is 29.0 Å². The zero-order chi connectivity index (χ0) is 20.8. The first-order chi connectivity index (χ1) is 14.0. The second-order valence-electron chi connectivity index (χ2n) is 5.97. The number of amides is 1. The molecule has 0 aliphatic carbocycles. The average molecular weight is 413 g/mol. The highest BCUT2D eigenvalue weighted by Crippen LogP contribution is 2.31. The van der Waals surface area contributed by atoms with Crippen molar-refractivity contribution < 1.29 is 19.2 Å². The molecule has 0 bridgehead atoms. The van der Waals surface area contributed by atoms with E-state index in [1.807, 2.05) is 38.1 Å². The fourth-order valence-corrected chi connectivity index (χ4v) is 3.41. The van der Waals surface area contributed by atoms with E-state index < -0.39 is 4.92 Å². The molecule has 3 aromatic rings. The van der Waals surface area contributed by atoms with Crippen LogP contribution in [0.15, 0.2) is 48.5 Å². The molecule has 1 N–H and O–H groups in total. The van der Waals surface area contributed by atoms with E-state index >= 15 is 0 Å². The fraction of sp³-hybridized carbons (Fsp3) is 0.200. The molecule has 0 unspecified atom stereocenters. The third-order valence-electron chi connectivity index (χ3n) is 3.90. The molecule has 1 aromatic heterocycles. The van der Waals surface area contributed by atoms with Gasteiger partial charge in [0, 0.05) is 22.6 Å². The summed E-state index contributed by atoms with van der Waals surface area (Å²) in [7, 11) is 0. The van der Waals surface area contributed by atoms with Crippen LogP contribution in [0.5, 0.6) is 11.5 Å². The minimum Gasteiger partial charge on any atom is -0.494 e. The lowest BCUT2D eigenvalue weighted by molar-refractivity contribution is -0.384. The first-order valence-corrected chi connectivity index (χ1v) is 9.65. The van der Waals surface area contributed by atoms with Gasteiger partial charge in [-0.15, -0.1) is 11.3 Å². The SMILES string of the molecule is CCOc1ccc(-c2nc(NC(=O)COc3ccc([N+](=O)[O-])cc3)sc2C)cc1. The van der Waals surface area contributed by atoms with Crippen molar-refractivity contribution in [3.63, 3.8) is 0 Å². The van der Waals surface area contributed by atoms with E-state index in [0.29, 0.717) is 17.5 Å². The summed E-state index contributed by atoms with van der Waals surface area (Å²) in [5, 5.41) is 13.8. The van der Waals surface area contributed by atoms with E-state index in [-0.39, 0.29) is 18.2 Å². The standard InChI is InChI=1S/C20H19N3O5S/c1-3-27-16-8-4-14(5-9-16)19-13(2)29-20(22-19)21-18(24)12-28-17-10-6-15(7-11-17)23(25)26/h4-11H,3,12H2,1-2H3,(H,21,22,24). The number of carbonyl (C=O) groups excluding carboxylic acids is 1. The van der Waals surface area contributed by atoms with E-state index in [4.69, 9.17) is 9.47 Å². The number of anilines is 1. The quantitative estimate of drug-likeness (QED) is 0.432. The summed E-state index contributed by atoms with van der Waals surface area (Å²) < 4.78 is 10.8. The summed E-state index contributed by atoms with van der Waals surface area (Å²) in [6, 6.07) is 13.2. The number of benzene rings is 2. The number of nitro groups is 1. The molecular formula is C20H19N3O5S. The number of nitrogens with zero attached hydrogens (tertiary/aromatic N) is 2. The average Bonchev–Trinajstić information content (AvgIpc) is 3.07. The van der Waals surface area contributed by atoms with Gasteiger partial charge in [-0.2, -0.15) is 0 Å². The highest BCUT2D eigenvalue weighted by molar-refractivity contribution is 7.16. The van der Waals surface area contributed by atoms with Gasteiger partial charge in [0.25, 0.3) is 11.6 Å². The van der Waals surface area contributed by atoms with Gasteiger partial charge in [0.15, 0.2) is 11.7 Å². The molecule has 0 fully saturated rings. The van der Waals surface area contributed by atoms with Crippen LogP contribution < -0.4 is 14.8 Å². The molecule has 1 heterocycles. The van der Waals surface area contributed by atoms with Gasteiger partial charge in [0.2, 0.25) is 0 Å². The minimum absolute atomic E-state index is 0.0399. The molecule has 3 rings (SSSR count). The summed E-state index contributed by atoms with van der Waals surface area (Å²) in [6.45, 7) is 4.24. The number of nitrogens with one attached hydrogen (secondary N) is 1.